The molecule has 14 heavy (non-hydrogen) atoms. The molecule has 0 aromatic carbocycles. The highest BCUT2D eigenvalue weighted by Crippen LogP contribution is 2.21. The summed E-state index contributed by atoms with van der Waals surface area (Å²) in [4.78, 5) is 2.02. The van der Waals surface area contributed by atoms with Gasteiger partial charge >= 0.3 is 6.18 Å². The van der Waals surface area contributed by atoms with E-state index in [1.807, 2.05) is 0 Å². The molecule has 0 rings (SSSR count). The predicted octanol–water partition coefficient (Wildman–Crippen LogP) is 1.94. The van der Waals surface area contributed by atoms with Crippen molar-refractivity contribution >= 4 is 17.2 Å². The minimum absolute atomic E-state index is 0.0763. The van der Waals surface area contributed by atoms with Gasteiger partial charge in [-0.05, 0) is 26.9 Å². The van der Waals surface area contributed by atoms with Crippen LogP contribution in [0.5, 0.6) is 0 Å². The van der Waals surface area contributed by atoms with Crippen molar-refractivity contribution in [3.63, 3.8) is 0 Å². The minimum atomic E-state index is -4.08. The fraction of sp³-hybridized carbons (Fsp3) is 0.875. The fourth-order valence-electron chi connectivity index (χ4n) is 0.940. The molecule has 0 bridgehead atoms. The van der Waals surface area contributed by atoms with Gasteiger partial charge in [-0.1, -0.05) is 12.2 Å². The maximum atomic E-state index is 11.8. The van der Waals surface area contributed by atoms with Crippen molar-refractivity contribution < 1.29 is 13.2 Å². The van der Waals surface area contributed by atoms with E-state index in [-0.39, 0.29) is 12.5 Å². The molecule has 0 aliphatic heterocycles. The highest BCUT2D eigenvalue weighted by Gasteiger charge is 2.26. The predicted molar refractivity (Wildman–Crippen MR) is 54.2 cm³/mol. The number of likely N-dealkylation sites (N-methyl/N-ethyl adjacent to an activating group) is 1. The quantitative estimate of drug-likeness (QED) is 0.729. The van der Waals surface area contributed by atoms with E-state index in [1.54, 1.807) is 18.9 Å². The van der Waals surface area contributed by atoms with Crippen LogP contribution in [0.15, 0.2) is 0 Å². The Morgan fingerprint density at radius 3 is 2.36 bits per heavy atom. The minimum Gasteiger partial charge on any atom is -0.392 e. The molecule has 0 saturated heterocycles. The summed E-state index contributed by atoms with van der Waals surface area (Å²) < 4.78 is 35.4. The first-order chi connectivity index (χ1) is 6.24. The Balaban J connectivity index is 3.75. The van der Waals surface area contributed by atoms with Crippen molar-refractivity contribution in [1.29, 1.82) is 0 Å². The van der Waals surface area contributed by atoms with Gasteiger partial charge in [0.05, 0.1) is 11.0 Å². The third-order valence-electron chi connectivity index (χ3n) is 2.04. The van der Waals surface area contributed by atoms with Gasteiger partial charge < -0.3 is 5.73 Å². The topological polar surface area (TPSA) is 29.3 Å². The van der Waals surface area contributed by atoms with Crippen LogP contribution in [-0.2, 0) is 0 Å². The number of halogens is 3. The number of hydrogen-bond acceptors (Lipinski definition) is 2. The van der Waals surface area contributed by atoms with E-state index < -0.39 is 12.6 Å². The lowest BCUT2D eigenvalue weighted by Crippen LogP contribution is -2.39. The summed E-state index contributed by atoms with van der Waals surface area (Å²) in [7, 11) is 1.71. The van der Waals surface area contributed by atoms with Gasteiger partial charge in [-0.25, -0.2) is 0 Å². The maximum Gasteiger partial charge on any atom is 0.389 e. The summed E-state index contributed by atoms with van der Waals surface area (Å²) in [6.07, 6.45) is -4.76. The molecule has 0 fully saturated rings. The van der Waals surface area contributed by atoms with E-state index in [0.717, 1.165) is 0 Å². The summed E-state index contributed by atoms with van der Waals surface area (Å²) in [6, 6.07) is -0.154. The molecular formula is C8H15F3N2S. The molecule has 1 atom stereocenters. The standard InChI is InChI=1S/C8H15F3N2S/c1-6(7(12)14)13(2)5-3-4-8(9,10)11/h6H,3-5H2,1-2H3,(H2,12,14). The molecule has 2 N–H and O–H groups in total. The average molecular weight is 228 g/mol. The number of thiocarbonyl (C=S) groups is 1. The molecule has 1 unspecified atom stereocenters. The van der Waals surface area contributed by atoms with Crippen LogP contribution >= 0.6 is 12.2 Å². The Kier molecular flexibility index (Phi) is 5.36. The molecule has 0 radical (unpaired) electrons. The van der Waals surface area contributed by atoms with Gasteiger partial charge in [0.15, 0.2) is 0 Å². The highest BCUT2D eigenvalue weighted by molar-refractivity contribution is 7.80. The lowest BCUT2D eigenvalue weighted by atomic mass is 10.2. The number of alkyl halides is 3. The van der Waals surface area contributed by atoms with E-state index >= 15 is 0 Å². The Morgan fingerprint density at radius 2 is 2.00 bits per heavy atom. The van der Waals surface area contributed by atoms with Crippen LogP contribution in [0.2, 0.25) is 0 Å². The Morgan fingerprint density at radius 1 is 1.50 bits per heavy atom. The molecule has 0 aliphatic carbocycles. The SMILES string of the molecule is CC(C(N)=S)N(C)CCCC(F)(F)F. The van der Waals surface area contributed by atoms with Crippen molar-refractivity contribution in [2.45, 2.75) is 32.0 Å². The first-order valence-corrected chi connectivity index (χ1v) is 4.71. The molecule has 0 aromatic rings. The lowest BCUT2D eigenvalue weighted by molar-refractivity contribution is -0.136. The van der Waals surface area contributed by atoms with Gasteiger partial charge in [0, 0.05) is 6.42 Å². The largest absolute Gasteiger partial charge is 0.392 e. The molecule has 0 aromatic heterocycles. The molecule has 0 spiro atoms. The molecule has 0 heterocycles. The summed E-state index contributed by atoms with van der Waals surface area (Å²) in [5, 5.41) is 0. The Labute approximate surface area is 87.2 Å². The van der Waals surface area contributed by atoms with Crippen LogP contribution in [-0.4, -0.2) is 35.7 Å². The average Bonchev–Trinajstić information content (AvgIpc) is 2.00. The van der Waals surface area contributed by atoms with Crippen LogP contribution in [0.3, 0.4) is 0 Å². The van der Waals surface area contributed by atoms with Crippen LogP contribution in [0, 0.1) is 0 Å². The van der Waals surface area contributed by atoms with Gasteiger partial charge in [-0.3, -0.25) is 4.90 Å². The van der Waals surface area contributed by atoms with Gasteiger partial charge in [-0.2, -0.15) is 13.2 Å². The van der Waals surface area contributed by atoms with Crippen molar-refractivity contribution in [2.24, 2.45) is 5.73 Å². The zero-order valence-corrected chi connectivity index (χ0v) is 9.08. The zero-order valence-electron chi connectivity index (χ0n) is 8.27. The van der Waals surface area contributed by atoms with Crippen LogP contribution < -0.4 is 5.73 Å². The van der Waals surface area contributed by atoms with Crippen LogP contribution in [0.4, 0.5) is 13.2 Å². The number of hydrogen-bond donors (Lipinski definition) is 1. The van der Waals surface area contributed by atoms with Gasteiger partial charge in [0.2, 0.25) is 0 Å². The first kappa shape index (κ1) is 13.6. The maximum absolute atomic E-state index is 11.8. The van der Waals surface area contributed by atoms with Crippen LogP contribution in [0.1, 0.15) is 19.8 Å². The molecule has 0 aliphatic rings. The second kappa shape index (κ2) is 5.50. The molecule has 0 amide bonds. The van der Waals surface area contributed by atoms with E-state index in [4.69, 9.17) is 18.0 Å². The van der Waals surface area contributed by atoms with Gasteiger partial charge in [0.1, 0.15) is 0 Å². The van der Waals surface area contributed by atoms with Crippen LogP contribution in [0.25, 0.3) is 0 Å². The summed E-state index contributed by atoms with van der Waals surface area (Å²) >= 11 is 4.73. The van der Waals surface area contributed by atoms with Crippen molar-refractivity contribution in [2.75, 3.05) is 13.6 Å². The second-order valence-corrected chi connectivity index (χ2v) is 3.75. The highest BCUT2D eigenvalue weighted by atomic mass is 32.1. The molecule has 84 valence electrons. The summed E-state index contributed by atoms with van der Waals surface area (Å²) in [5.74, 6) is 0. The first-order valence-electron chi connectivity index (χ1n) is 4.30. The molecular weight excluding hydrogens is 213 g/mol. The van der Waals surface area contributed by atoms with Crippen molar-refractivity contribution in [1.82, 2.24) is 4.90 Å². The van der Waals surface area contributed by atoms with Crippen molar-refractivity contribution in [3.8, 4) is 0 Å². The molecule has 2 nitrogen and oxygen atoms in total. The molecule has 6 heteroatoms. The Hall–Kier alpha value is -0.360. The van der Waals surface area contributed by atoms with Gasteiger partial charge in [-0.15, -0.1) is 0 Å². The van der Waals surface area contributed by atoms with E-state index in [0.29, 0.717) is 11.5 Å². The van der Waals surface area contributed by atoms with Gasteiger partial charge in [0.25, 0.3) is 0 Å². The fourth-order valence-corrected chi connectivity index (χ4v) is 1.12. The van der Waals surface area contributed by atoms with E-state index in [1.165, 1.54) is 0 Å². The third kappa shape index (κ3) is 6.15. The van der Waals surface area contributed by atoms with E-state index in [2.05, 4.69) is 0 Å². The number of rotatable bonds is 5. The Bertz CT molecular complexity index is 194. The second-order valence-electron chi connectivity index (χ2n) is 3.28. The summed E-state index contributed by atoms with van der Waals surface area (Å²) in [5.41, 5.74) is 5.36. The zero-order chi connectivity index (χ0) is 11.4. The smallest absolute Gasteiger partial charge is 0.389 e. The number of nitrogens with two attached hydrogens (primary N) is 1. The summed E-state index contributed by atoms with van der Waals surface area (Å²) in [6.45, 7) is 2.12. The number of nitrogens with zero attached hydrogens (tertiary/aromatic N) is 1. The molecule has 0 saturated carbocycles. The monoisotopic (exact) mass is 228 g/mol. The van der Waals surface area contributed by atoms with E-state index in [9.17, 15) is 13.2 Å². The third-order valence-corrected chi connectivity index (χ3v) is 2.39. The van der Waals surface area contributed by atoms with Crippen molar-refractivity contribution in [3.05, 3.63) is 0 Å². The lowest BCUT2D eigenvalue weighted by Gasteiger charge is -2.23. The normalized spacial score (nSPS) is 14.4.